The molecule has 1 fully saturated rings. The van der Waals surface area contributed by atoms with Gasteiger partial charge in [0.05, 0.1) is 10.0 Å². The molecule has 0 saturated carbocycles. The van der Waals surface area contributed by atoms with Crippen LogP contribution in [0.2, 0.25) is 10.0 Å². The number of halogens is 2. The number of aliphatic hydroxyl groups excluding tert-OH is 1. The fraction of sp³-hybridized carbons (Fsp3) is 0.500. The highest BCUT2D eigenvalue weighted by molar-refractivity contribution is 6.37. The zero-order chi connectivity index (χ0) is 25.0. The van der Waals surface area contributed by atoms with Gasteiger partial charge in [-0.3, -0.25) is 0 Å². The summed E-state index contributed by atoms with van der Waals surface area (Å²) in [6, 6.07) is 11.1. The summed E-state index contributed by atoms with van der Waals surface area (Å²) in [6.07, 6.45) is -0.271. The van der Waals surface area contributed by atoms with Gasteiger partial charge in [0.1, 0.15) is 19.0 Å². The van der Waals surface area contributed by atoms with E-state index in [-0.39, 0.29) is 36.5 Å². The van der Waals surface area contributed by atoms with Crippen molar-refractivity contribution < 1.29 is 24.5 Å². The SMILES string of the molecule is Cc1cc(Cl)c(OCCOc2ccc([C@H]3CCN(C(=O)O)C(C(C)(C)C)[C@@H]3CO)cc2)c(Cl)c1. The molecule has 0 radical (unpaired) electrons. The molecule has 2 aromatic carbocycles. The topological polar surface area (TPSA) is 79.2 Å². The Morgan fingerprint density at radius 2 is 1.68 bits per heavy atom. The lowest BCUT2D eigenvalue weighted by atomic mass is 9.68. The van der Waals surface area contributed by atoms with Gasteiger partial charge in [0.2, 0.25) is 0 Å². The molecule has 0 aromatic heterocycles. The number of piperidine rings is 1. The second-order valence-corrected chi connectivity index (χ2v) is 10.7. The second kappa shape index (κ2) is 11.1. The predicted octanol–water partition coefficient (Wildman–Crippen LogP) is 6.25. The Labute approximate surface area is 211 Å². The molecule has 0 bridgehead atoms. The van der Waals surface area contributed by atoms with Gasteiger partial charge in [-0.15, -0.1) is 0 Å². The van der Waals surface area contributed by atoms with E-state index in [0.717, 1.165) is 11.1 Å². The van der Waals surface area contributed by atoms with Gasteiger partial charge in [0.15, 0.2) is 5.75 Å². The van der Waals surface area contributed by atoms with E-state index in [1.165, 1.54) is 4.90 Å². The Hall–Kier alpha value is -2.15. The van der Waals surface area contributed by atoms with Gasteiger partial charge < -0.3 is 24.6 Å². The number of carboxylic acid groups (broad SMARTS) is 1. The van der Waals surface area contributed by atoms with Crippen molar-refractivity contribution in [3.8, 4) is 11.5 Å². The lowest BCUT2D eigenvalue weighted by molar-refractivity contribution is -0.00854. The Bertz CT molecular complexity index is 967. The van der Waals surface area contributed by atoms with Crippen molar-refractivity contribution in [3.63, 3.8) is 0 Å². The van der Waals surface area contributed by atoms with Gasteiger partial charge in [-0.05, 0) is 60.1 Å². The summed E-state index contributed by atoms with van der Waals surface area (Å²) in [7, 11) is 0. The quantitative estimate of drug-likeness (QED) is 0.431. The third-order valence-corrected chi connectivity index (χ3v) is 6.89. The molecule has 1 aliphatic heterocycles. The van der Waals surface area contributed by atoms with Gasteiger partial charge >= 0.3 is 6.09 Å². The molecule has 1 saturated heterocycles. The van der Waals surface area contributed by atoms with Crippen LogP contribution in [0.1, 0.15) is 44.2 Å². The fourth-order valence-electron chi connectivity index (χ4n) is 4.99. The van der Waals surface area contributed by atoms with Crippen molar-refractivity contribution in [2.75, 3.05) is 26.4 Å². The molecule has 186 valence electrons. The molecule has 3 atom stereocenters. The van der Waals surface area contributed by atoms with Crippen molar-refractivity contribution in [3.05, 3.63) is 57.6 Å². The van der Waals surface area contributed by atoms with Crippen molar-refractivity contribution >= 4 is 29.3 Å². The smallest absolute Gasteiger partial charge is 0.407 e. The summed E-state index contributed by atoms with van der Waals surface area (Å²) in [5, 5.41) is 20.9. The second-order valence-electron chi connectivity index (χ2n) is 9.85. The van der Waals surface area contributed by atoms with Crippen LogP contribution in [0.5, 0.6) is 11.5 Å². The standard InChI is InChI=1S/C26H33Cl2NO5/c1-16-13-21(27)23(22(28)14-16)34-12-11-33-18-7-5-17(6-8-18)19-9-10-29(25(31)32)24(20(19)15-30)26(2,3)4/h5-8,13-14,19-20,24,30H,9-12,15H2,1-4H3,(H,31,32)/t19-,20-,24?/m1/s1. The molecule has 6 nitrogen and oxygen atoms in total. The number of ether oxygens (including phenoxy) is 2. The zero-order valence-corrected chi connectivity index (χ0v) is 21.6. The Morgan fingerprint density at radius 3 is 2.21 bits per heavy atom. The first-order chi connectivity index (χ1) is 16.0. The van der Waals surface area contributed by atoms with E-state index in [2.05, 4.69) is 0 Å². The predicted molar refractivity (Wildman–Crippen MR) is 135 cm³/mol. The van der Waals surface area contributed by atoms with E-state index in [4.69, 9.17) is 32.7 Å². The molecule has 1 heterocycles. The van der Waals surface area contributed by atoms with Crippen LogP contribution in [0.25, 0.3) is 0 Å². The van der Waals surface area contributed by atoms with Crippen LogP contribution in [0.15, 0.2) is 36.4 Å². The lowest BCUT2D eigenvalue weighted by Crippen LogP contribution is -2.57. The summed E-state index contributed by atoms with van der Waals surface area (Å²) < 4.78 is 11.5. The van der Waals surface area contributed by atoms with Crippen LogP contribution in [0.3, 0.4) is 0 Å². The minimum atomic E-state index is -0.934. The molecule has 0 spiro atoms. The molecule has 2 aromatic rings. The van der Waals surface area contributed by atoms with E-state index in [1.807, 2.05) is 52.0 Å². The van der Waals surface area contributed by atoms with Crippen molar-refractivity contribution in [2.24, 2.45) is 11.3 Å². The number of hydrogen-bond acceptors (Lipinski definition) is 4. The summed E-state index contributed by atoms with van der Waals surface area (Å²) in [5.74, 6) is 1.02. The van der Waals surface area contributed by atoms with Gasteiger partial charge in [-0.2, -0.15) is 0 Å². The largest absolute Gasteiger partial charge is 0.490 e. The summed E-state index contributed by atoms with van der Waals surface area (Å²) in [5.41, 5.74) is 1.74. The first kappa shape index (κ1) is 26.5. The van der Waals surface area contributed by atoms with Gasteiger partial charge in [0, 0.05) is 25.1 Å². The Kier molecular flexibility index (Phi) is 8.61. The minimum Gasteiger partial charge on any atom is -0.490 e. The molecule has 2 N–H and O–H groups in total. The maximum absolute atomic E-state index is 11.8. The van der Waals surface area contributed by atoms with Gasteiger partial charge in [-0.25, -0.2) is 4.79 Å². The number of amides is 1. The molecule has 34 heavy (non-hydrogen) atoms. The summed E-state index contributed by atoms with van der Waals surface area (Å²) in [6.45, 7) is 8.96. The number of aliphatic hydroxyl groups is 1. The van der Waals surface area contributed by atoms with Crippen LogP contribution in [-0.2, 0) is 0 Å². The van der Waals surface area contributed by atoms with E-state index in [0.29, 0.717) is 41.1 Å². The van der Waals surface area contributed by atoms with Crippen molar-refractivity contribution in [1.82, 2.24) is 4.90 Å². The van der Waals surface area contributed by atoms with Crippen molar-refractivity contribution in [2.45, 2.75) is 46.1 Å². The number of rotatable bonds is 7. The molecule has 0 aliphatic carbocycles. The number of carbonyl (C=O) groups is 1. The zero-order valence-electron chi connectivity index (χ0n) is 20.1. The number of nitrogens with zero attached hydrogens (tertiary/aromatic N) is 1. The average Bonchev–Trinajstić information content (AvgIpc) is 2.76. The molecular formula is C26H33Cl2NO5. The highest BCUT2D eigenvalue weighted by Gasteiger charge is 2.46. The number of hydrogen-bond donors (Lipinski definition) is 2. The molecular weight excluding hydrogens is 477 g/mol. The third kappa shape index (κ3) is 6.09. The lowest BCUT2D eigenvalue weighted by Gasteiger charge is -2.49. The van der Waals surface area contributed by atoms with Crippen LogP contribution in [0.4, 0.5) is 4.79 Å². The Balaban J connectivity index is 1.63. The van der Waals surface area contributed by atoms with Crippen LogP contribution in [-0.4, -0.2) is 53.6 Å². The summed E-state index contributed by atoms with van der Waals surface area (Å²) in [4.78, 5) is 13.3. The van der Waals surface area contributed by atoms with Gasteiger partial charge in [0.25, 0.3) is 0 Å². The highest BCUT2D eigenvalue weighted by atomic mass is 35.5. The van der Waals surface area contributed by atoms with E-state index in [1.54, 1.807) is 12.1 Å². The fourth-order valence-corrected chi connectivity index (χ4v) is 5.69. The monoisotopic (exact) mass is 509 g/mol. The molecule has 1 unspecified atom stereocenters. The van der Waals surface area contributed by atoms with E-state index < -0.39 is 6.09 Å². The number of aryl methyl sites for hydroxylation is 1. The highest BCUT2D eigenvalue weighted by Crippen LogP contribution is 2.43. The van der Waals surface area contributed by atoms with E-state index >= 15 is 0 Å². The molecule has 8 heteroatoms. The third-order valence-electron chi connectivity index (χ3n) is 6.33. The number of likely N-dealkylation sites (tertiary alicyclic amines) is 1. The van der Waals surface area contributed by atoms with Crippen LogP contribution in [0, 0.1) is 18.3 Å². The number of benzene rings is 2. The molecule has 3 rings (SSSR count). The Morgan fingerprint density at radius 1 is 1.09 bits per heavy atom. The maximum atomic E-state index is 11.8. The minimum absolute atomic E-state index is 0.0630. The van der Waals surface area contributed by atoms with Crippen LogP contribution >= 0.6 is 23.2 Å². The van der Waals surface area contributed by atoms with E-state index in [9.17, 15) is 15.0 Å². The van der Waals surface area contributed by atoms with Gasteiger partial charge in [-0.1, -0.05) is 56.1 Å². The summed E-state index contributed by atoms with van der Waals surface area (Å²) >= 11 is 12.4. The first-order valence-electron chi connectivity index (χ1n) is 11.4. The first-order valence-corrected chi connectivity index (χ1v) is 12.2. The molecule has 1 amide bonds. The molecule has 1 aliphatic rings. The maximum Gasteiger partial charge on any atom is 0.407 e. The van der Waals surface area contributed by atoms with Crippen molar-refractivity contribution in [1.29, 1.82) is 0 Å². The van der Waals surface area contributed by atoms with Crippen LogP contribution < -0.4 is 9.47 Å². The average molecular weight is 510 g/mol. The normalized spacial score (nSPS) is 20.8.